The predicted molar refractivity (Wildman–Crippen MR) is 95.9 cm³/mol. The van der Waals surface area contributed by atoms with E-state index in [0.29, 0.717) is 22.6 Å². The maximum atomic E-state index is 5.84. The van der Waals surface area contributed by atoms with Crippen molar-refractivity contribution in [2.75, 3.05) is 0 Å². The lowest BCUT2D eigenvalue weighted by Crippen LogP contribution is -1.97. The van der Waals surface area contributed by atoms with E-state index in [1.807, 2.05) is 24.3 Å². The van der Waals surface area contributed by atoms with Crippen molar-refractivity contribution in [1.82, 2.24) is 15.2 Å². The van der Waals surface area contributed by atoms with Crippen molar-refractivity contribution >= 4 is 39.3 Å². The minimum absolute atomic E-state index is 0.339. The second-order valence-corrected chi connectivity index (χ2v) is 7.02. The van der Waals surface area contributed by atoms with Gasteiger partial charge in [-0.3, -0.25) is 5.10 Å². The van der Waals surface area contributed by atoms with Crippen molar-refractivity contribution in [2.45, 2.75) is 17.5 Å². The Morgan fingerprint density at radius 1 is 1.17 bits per heavy atom. The molecule has 3 rings (SSSR count). The maximum absolute atomic E-state index is 5.84. The smallest absolute Gasteiger partial charge is 0.208 e. The van der Waals surface area contributed by atoms with Gasteiger partial charge in [-0.15, -0.1) is 5.10 Å². The van der Waals surface area contributed by atoms with Gasteiger partial charge >= 0.3 is 0 Å². The van der Waals surface area contributed by atoms with Crippen molar-refractivity contribution < 1.29 is 4.74 Å². The molecule has 0 amide bonds. The molecule has 7 heteroatoms. The number of nitrogens with one attached hydrogen (secondary N) is 1. The molecule has 0 atom stereocenters. The first-order valence-corrected chi connectivity index (χ1v) is 9.01. The number of ether oxygens (including phenoxy) is 1. The number of aromatic nitrogens is 3. The summed E-state index contributed by atoms with van der Waals surface area (Å²) >= 11 is 10.9. The van der Waals surface area contributed by atoms with E-state index in [0.717, 1.165) is 16.0 Å². The number of thioether (sulfide) groups is 1. The lowest BCUT2D eigenvalue weighted by Gasteiger charge is -2.03. The van der Waals surface area contributed by atoms with Gasteiger partial charge in [0, 0.05) is 15.2 Å². The SMILES string of the molecule is Clc1ccc(OCc2nc(SCc3cccc(Br)c3)n[nH]2)cc1. The molecule has 0 aliphatic heterocycles. The summed E-state index contributed by atoms with van der Waals surface area (Å²) < 4.78 is 6.70. The molecule has 1 aromatic heterocycles. The van der Waals surface area contributed by atoms with Crippen LogP contribution in [0.3, 0.4) is 0 Å². The van der Waals surface area contributed by atoms with Crippen LogP contribution in [0.1, 0.15) is 11.4 Å². The van der Waals surface area contributed by atoms with Crippen LogP contribution < -0.4 is 4.74 Å². The molecule has 0 saturated heterocycles. The van der Waals surface area contributed by atoms with E-state index in [1.54, 1.807) is 23.9 Å². The second-order valence-electron chi connectivity index (χ2n) is 4.73. The molecule has 0 aliphatic carbocycles. The first-order valence-electron chi connectivity index (χ1n) is 6.86. The Kier molecular flexibility index (Phi) is 5.59. The number of H-pyrrole nitrogens is 1. The van der Waals surface area contributed by atoms with Crippen LogP contribution in [0.5, 0.6) is 5.75 Å². The van der Waals surface area contributed by atoms with Gasteiger partial charge in [0.2, 0.25) is 5.16 Å². The number of nitrogens with zero attached hydrogens (tertiary/aromatic N) is 2. The number of rotatable bonds is 6. The zero-order chi connectivity index (χ0) is 16.1. The first kappa shape index (κ1) is 16.4. The molecule has 4 nitrogen and oxygen atoms in total. The molecule has 0 bridgehead atoms. The number of halogens is 2. The Bertz CT molecular complexity index is 779. The third-order valence-corrected chi connectivity index (χ3v) is 4.62. The molecule has 118 valence electrons. The Balaban J connectivity index is 1.52. The summed E-state index contributed by atoms with van der Waals surface area (Å²) in [6.45, 7) is 0.339. The average Bonchev–Trinajstić information content (AvgIpc) is 3.00. The van der Waals surface area contributed by atoms with Crippen molar-refractivity contribution in [1.29, 1.82) is 0 Å². The molecular formula is C16H13BrClN3OS. The van der Waals surface area contributed by atoms with Crippen LogP contribution in [0.4, 0.5) is 0 Å². The fraction of sp³-hybridized carbons (Fsp3) is 0.125. The monoisotopic (exact) mass is 409 g/mol. The summed E-state index contributed by atoms with van der Waals surface area (Å²) in [5, 5.41) is 8.48. The van der Waals surface area contributed by atoms with Crippen molar-refractivity contribution in [3.63, 3.8) is 0 Å². The normalized spacial score (nSPS) is 10.7. The second kappa shape index (κ2) is 7.86. The molecule has 0 aliphatic rings. The highest BCUT2D eigenvalue weighted by Gasteiger charge is 2.05. The van der Waals surface area contributed by atoms with E-state index in [4.69, 9.17) is 16.3 Å². The largest absolute Gasteiger partial charge is 0.486 e. The van der Waals surface area contributed by atoms with E-state index < -0.39 is 0 Å². The molecule has 1 N–H and O–H groups in total. The van der Waals surface area contributed by atoms with Crippen LogP contribution in [0, 0.1) is 0 Å². The molecule has 0 spiro atoms. The van der Waals surface area contributed by atoms with Gasteiger partial charge in [-0.05, 0) is 42.0 Å². The van der Waals surface area contributed by atoms with Gasteiger partial charge in [-0.2, -0.15) is 0 Å². The highest BCUT2D eigenvalue weighted by Crippen LogP contribution is 2.22. The van der Waals surface area contributed by atoms with Crippen LogP contribution in [0.2, 0.25) is 5.02 Å². The highest BCUT2D eigenvalue weighted by atomic mass is 79.9. The zero-order valence-corrected chi connectivity index (χ0v) is 15.2. The van der Waals surface area contributed by atoms with Crippen molar-refractivity contribution in [3.05, 3.63) is 69.4 Å². The Hall–Kier alpha value is -1.50. The maximum Gasteiger partial charge on any atom is 0.208 e. The lowest BCUT2D eigenvalue weighted by molar-refractivity contribution is 0.296. The average molecular weight is 411 g/mol. The number of benzene rings is 2. The Morgan fingerprint density at radius 3 is 2.78 bits per heavy atom. The van der Waals surface area contributed by atoms with Crippen LogP contribution in [0.15, 0.2) is 58.2 Å². The Morgan fingerprint density at radius 2 is 2.00 bits per heavy atom. The van der Waals surface area contributed by atoms with Crippen LogP contribution in [-0.4, -0.2) is 15.2 Å². The van der Waals surface area contributed by atoms with E-state index >= 15 is 0 Å². The molecule has 0 fully saturated rings. The summed E-state index contributed by atoms with van der Waals surface area (Å²) in [5.41, 5.74) is 1.22. The number of aromatic amines is 1. The molecule has 0 saturated carbocycles. The molecule has 2 aromatic carbocycles. The first-order chi connectivity index (χ1) is 11.2. The summed E-state index contributed by atoms with van der Waals surface area (Å²) in [6.07, 6.45) is 0. The minimum Gasteiger partial charge on any atom is -0.486 e. The van der Waals surface area contributed by atoms with Crippen molar-refractivity contribution in [2.24, 2.45) is 0 Å². The van der Waals surface area contributed by atoms with E-state index in [1.165, 1.54) is 5.56 Å². The van der Waals surface area contributed by atoms with Gasteiger partial charge in [0.15, 0.2) is 5.82 Å². The van der Waals surface area contributed by atoms with Gasteiger partial charge in [-0.25, -0.2) is 4.98 Å². The quantitative estimate of drug-likeness (QED) is 0.575. The van der Waals surface area contributed by atoms with Gasteiger partial charge < -0.3 is 4.74 Å². The van der Waals surface area contributed by atoms with E-state index in [-0.39, 0.29) is 0 Å². The van der Waals surface area contributed by atoms with E-state index in [9.17, 15) is 0 Å². The summed E-state index contributed by atoms with van der Waals surface area (Å²) in [5.74, 6) is 2.25. The predicted octanol–water partition coefficient (Wildman–Crippen LogP) is 5.09. The van der Waals surface area contributed by atoms with Crippen molar-refractivity contribution in [3.8, 4) is 5.75 Å². The van der Waals surface area contributed by atoms with Gasteiger partial charge in [0.05, 0.1) is 0 Å². The molecule has 3 aromatic rings. The fourth-order valence-corrected chi connectivity index (χ4v) is 3.20. The molecule has 1 heterocycles. The van der Waals surface area contributed by atoms with E-state index in [2.05, 4.69) is 43.2 Å². The summed E-state index contributed by atoms with van der Waals surface area (Å²) in [7, 11) is 0. The highest BCUT2D eigenvalue weighted by molar-refractivity contribution is 9.10. The molecule has 0 radical (unpaired) electrons. The van der Waals surface area contributed by atoms with Gasteiger partial charge in [0.25, 0.3) is 0 Å². The molecular weight excluding hydrogens is 398 g/mol. The standard InChI is InChI=1S/C16H13BrClN3OS/c17-12-3-1-2-11(8-12)10-23-16-19-15(20-21-16)9-22-14-6-4-13(18)5-7-14/h1-8H,9-10H2,(H,19,20,21). The van der Waals surface area contributed by atoms with Gasteiger partial charge in [0.1, 0.15) is 12.4 Å². The number of hydrogen-bond donors (Lipinski definition) is 1. The fourth-order valence-electron chi connectivity index (χ4n) is 1.86. The van der Waals surface area contributed by atoms with Crippen LogP contribution in [-0.2, 0) is 12.4 Å². The summed E-state index contributed by atoms with van der Waals surface area (Å²) in [6, 6.07) is 15.4. The number of hydrogen-bond acceptors (Lipinski definition) is 4. The van der Waals surface area contributed by atoms with Gasteiger partial charge in [-0.1, -0.05) is 51.4 Å². The lowest BCUT2D eigenvalue weighted by atomic mass is 10.2. The molecule has 0 unspecified atom stereocenters. The van der Waals surface area contributed by atoms with Crippen LogP contribution in [0.25, 0.3) is 0 Å². The molecule has 23 heavy (non-hydrogen) atoms. The topological polar surface area (TPSA) is 50.8 Å². The Labute approximate surface area is 151 Å². The minimum atomic E-state index is 0.339. The third kappa shape index (κ3) is 4.99. The third-order valence-electron chi connectivity index (χ3n) is 2.96. The zero-order valence-electron chi connectivity index (χ0n) is 12.0. The summed E-state index contributed by atoms with van der Waals surface area (Å²) in [4.78, 5) is 4.41. The van der Waals surface area contributed by atoms with Crippen LogP contribution >= 0.6 is 39.3 Å².